The highest BCUT2D eigenvalue weighted by molar-refractivity contribution is 5.94. The van der Waals surface area contributed by atoms with E-state index in [4.69, 9.17) is 0 Å². The first kappa shape index (κ1) is 16.9. The summed E-state index contributed by atoms with van der Waals surface area (Å²) in [5, 5.41) is 0.758. The molecule has 0 radical (unpaired) electrons. The smallest absolute Gasteiger partial charge is 0.230 e. The normalized spacial score (nSPS) is 17.3. The summed E-state index contributed by atoms with van der Waals surface area (Å²) in [5.41, 5.74) is 2.72. The third-order valence-corrected chi connectivity index (χ3v) is 5.16. The van der Waals surface area contributed by atoms with Gasteiger partial charge >= 0.3 is 0 Å². The van der Waals surface area contributed by atoms with Gasteiger partial charge in [0, 0.05) is 29.7 Å². The standard InChI is InChI=1S/C19H24F2N2O/c1-12(2)22(3)19(24)14-5-4-6-17-18(14)15-11-13(21)7-8-16(15)23(17)10-9-20/h7-8,11-12,14H,4-6,9-10H2,1-3H3. The Morgan fingerprint density at radius 2 is 2.17 bits per heavy atom. The van der Waals surface area contributed by atoms with E-state index in [-0.39, 0.29) is 30.2 Å². The van der Waals surface area contributed by atoms with E-state index in [2.05, 4.69) is 0 Å². The summed E-state index contributed by atoms with van der Waals surface area (Å²) in [6.07, 6.45) is 2.45. The van der Waals surface area contributed by atoms with Crippen LogP contribution in [0.4, 0.5) is 8.78 Å². The fourth-order valence-electron chi connectivity index (χ4n) is 3.77. The van der Waals surface area contributed by atoms with Crippen molar-refractivity contribution in [1.82, 2.24) is 9.47 Å². The van der Waals surface area contributed by atoms with Gasteiger partial charge in [-0.1, -0.05) is 0 Å². The van der Waals surface area contributed by atoms with Crippen LogP contribution in [0.3, 0.4) is 0 Å². The third-order valence-electron chi connectivity index (χ3n) is 5.16. The molecule has 2 aromatic rings. The van der Waals surface area contributed by atoms with Gasteiger partial charge in [-0.3, -0.25) is 4.79 Å². The van der Waals surface area contributed by atoms with Gasteiger partial charge in [-0.2, -0.15) is 0 Å². The van der Waals surface area contributed by atoms with Crippen LogP contribution in [0.15, 0.2) is 18.2 Å². The Balaban J connectivity index is 2.18. The molecule has 1 amide bonds. The maximum Gasteiger partial charge on any atom is 0.230 e. The van der Waals surface area contributed by atoms with E-state index < -0.39 is 6.67 Å². The van der Waals surface area contributed by atoms with Gasteiger partial charge in [0.05, 0.1) is 12.5 Å². The molecule has 3 nitrogen and oxygen atoms in total. The lowest BCUT2D eigenvalue weighted by atomic mass is 9.84. The number of alkyl halides is 1. The van der Waals surface area contributed by atoms with Crippen molar-refractivity contribution in [2.75, 3.05) is 13.7 Å². The van der Waals surface area contributed by atoms with Gasteiger partial charge in [-0.25, -0.2) is 8.78 Å². The van der Waals surface area contributed by atoms with E-state index in [1.165, 1.54) is 12.1 Å². The number of aryl methyl sites for hydroxylation is 1. The van der Waals surface area contributed by atoms with E-state index in [9.17, 15) is 13.6 Å². The third kappa shape index (κ3) is 2.70. The highest BCUT2D eigenvalue weighted by atomic mass is 19.1. The Labute approximate surface area is 141 Å². The predicted molar refractivity (Wildman–Crippen MR) is 91.5 cm³/mol. The molecule has 0 fully saturated rings. The number of aromatic nitrogens is 1. The van der Waals surface area contributed by atoms with E-state index in [0.717, 1.165) is 41.4 Å². The molecule has 1 aromatic heterocycles. The highest BCUT2D eigenvalue weighted by Crippen LogP contribution is 2.40. The van der Waals surface area contributed by atoms with Crippen molar-refractivity contribution < 1.29 is 13.6 Å². The van der Waals surface area contributed by atoms with Crippen LogP contribution in [0, 0.1) is 5.82 Å². The van der Waals surface area contributed by atoms with Gasteiger partial charge in [0.25, 0.3) is 0 Å². The van der Waals surface area contributed by atoms with Crippen molar-refractivity contribution in [3.63, 3.8) is 0 Å². The molecule has 5 heteroatoms. The van der Waals surface area contributed by atoms with Crippen molar-refractivity contribution in [3.05, 3.63) is 35.3 Å². The van der Waals surface area contributed by atoms with Crippen molar-refractivity contribution >= 4 is 16.8 Å². The van der Waals surface area contributed by atoms with Crippen molar-refractivity contribution in [2.45, 2.75) is 51.6 Å². The SMILES string of the molecule is CC(C)N(C)C(=O)C1CCCc2c1c1cc(F)ccc1n2CCF. The van der Waals surface area contributed by atoms with Crippen molar-refractivity contribution in [2.24, 2.45) is 0 Å². The van der Waals surface area contributed by atoms with Crippen LogP contribution >= 0.6 is 0 Å². The summed E-state index contributed by atoms with van der Waals surface area (Å²) >= 11 is 0. The number of hydrogen-bond acceptors (Lipinski definition) is 1. The monoisotopic (exact) mass is 334 g/mol. The van der Waals surface area contributed by atoms with Crippen molar-refractivity contribution in [3.8, 4) is 0 Å². The van der Waals surface area contributed by atoms with E-state index in [1.54, 1.807) is 11.0 Å². The first-order chi connectivity index (χ1) is 11.5. The van der Waals surface area contributed by atoms with Gasteiger partial charge in [-0.15, -0.1) is 0 Å². The number of amides is 1. The van der Waals surface area contributed by atoms with Crippen LogP contribution in [-0.4, -0.2) is 35.1 Å². The number of hydrogen-bond donors (Lipinski definition) is 0. The summed E-state index contributed by atoms with van der Waals surface area (Å²) in [6.45, 7) is 3.73. The second kappa shape index (κ2) is 6.54. The Kier molecular flexibility index (Phi) is 4.61. The molecule has 0 spiro atoms. The van der Waals surface area contributed by atoms with E-state index >= 15 is 0 Å². The second-order valence-corrected chi connectivity index (χ2v) is 6.85. The largest absolute Gasteiger partial charge is 0.343 e. The molecule has 1 aromatic carbocycles. The lowest BCUT2D eigenvalue weighted by molar-refractivity contribution is -0.133. The fraction of sp³-hybridized carbons (Fsp3) is 0.526. The zero-order chi connectivity index (χ0) is 17.4. The molecule has 1 unspecified atom stereocenters. The molecule has 130 valence electrons. The topological polar surface area (TPSA) is 25.2 Å². The first-order valence-electron chi connectivity index (χ1n) is 8.58. The van der Waals surface area contributed by atoms with E-state index in [1.807, 2.05) is 25.5 Å². The zero-order valence-electron chi connectivity index (χ0n) is 14.5. The van der Waals surface area contributed by atoms with Crippen LogP contribution in [-0.2, 0) is 17.8 Å². The quantitative estimate of drug-likeness (QED) is 0.828. The number of halogens is 2. The molecule has 1 aliphatic carbocycles. The minimum Gasteiger partial charge on any atom is -0.343 e. The molecule has 0 aliphatic heterocycles. The lowest BCUT2D eigenvalue weighted by Gasteiger charge is -2.30. The molecule has 24 heavy (non-hydrogen) atoms. The highest BCUT2D eigenvalue weighted by Gasteiger charge is 2.34. The van der Waals surface area contributed by atoms with Crippen LogP contribution in [0.5, 0.6) is 0 Å². The van der Waals surface area contributed by atoms with Gasteiger partial charge < -0.3 is 9.47 Å². The molecular weight excluding hydrogens is 310 g/mol. The van der Waals surface area contributed by atoms with Gasteiger partial charge in [-0.05, 0) is 56.9 Å². The summed E-state index contributed by atoms with van der Waals surface area (Å²) in [5.74, 6) is -0.530. The Morgan fingerprint density at radius 3 is 2.83 bits per heavy atom. The molecule has 0 N–H and O–H groups in total. The minimum absolute atomic E-state index is 0.0644. The van der Waals surface area contributed by atoms with Crippen LogP contribution in [0.25, 0.3) is 10.9 Å². The Bertz CT molecular complexity index is 766. The van der Waals surface area contributed by atoms with Crippen LogP contribution in [0.1, 0.15) is 43.9 Å². The molecule has 1 atom stereocenters. The van der Waals surface area contributed by atoms with Crippen LogP contribution in [0.2, 0.25) is 0 Å². The summed E-state index contributed by atoms with van der Waals surface area (Å²) in [6, 6.07) is 4.70. The molecule has 0 bridgehead atoms. The van der Waals surface area contributed by atoms with Crippen LogP contribution < -0.4 is 0 Å². The number of carbonyl (C=O) groups excluding carboxylic acids is 1. The zero-order valence-corrected chi connectivity index (χ0v) is 14.5. The minimum atomic E-state index is -0.474. The molecule has 3 rings (SSSR count). The predicted octanol–water partition coefficient (Wildman–Crippen LogP) is 4.04. The van der Waals surface area contributed by atoms with Gasteiger partial charge in [0.15, 0.2) is 0 Å². The fourth-order valence-corrected chi connectivity index (χ4v) is 3.77. The lowest BCUT2D eigenvalue weighted by Crippen LogP contribution is -2.37. The number of rotatable bonds is 4. The average molecular weight is 334 g/mol. The van der Waals surface area contributed by atoms with E-state index in [0.29, 0.717) is 0 Å². The summed E-state index contributed by atoms with van der Waals surface area (Å²) < 4.78 is 28.8. The Morgan fingerprint density at radius 1 is 1.42 bits per heavy atom. The molecule has 0 saturated heterocycles. The summed E-state index contributed by atoms with van der Waals surface area (Å²) in [4.78, 5) is 14.7. The number of nitrogens with zero attached hydrogens (tertiary/aromatic N) is 2. The Hall–Kier alpha value is -1.91. The number of likely N-dealkylation sites (N-methyl/N-ethyl adjacent to an activating group) is 1. The number of carbonyl (C=O) groups is 1. The van der Waals surface area contributed by atoms with Gasteiger partial charge in [0.2, 0.25) is 5.91 Å². The second-order valence-electron chi connectivity index (χ2n) is 6.85. The maximum atomic E-state index is 13.8. The van der Waals surface area contributed by atoms with Gasteiger partial charge in [0.1, 0.15) is 12.5 Å². The molecule has 1 heterocycles. The molecule has 1 aliphatic rings. The average Bonchev–Trinajstić information content (AvgIpc) is 2.87. The molecular formula is C19H24F2N2O. The first-order valence-corrected chi connectivity index (χ1v) is 8.58. The number of fused-ring (bicyclic) bond motifs is 3. The molecule has 0 saturated carbocycles. The maximum absolute atomic E-state index is 13.8. The van der Waals surface area contributed by atoms with Crippen molar-refractivity contribution in [1.29, 1.82) is 0 Å². The number of benzene rings is 1. The summed E-state index contributed by atoms with van der Waals surface area (Å²) in [7, 11) is 1.81.